The average molecular weight is 405 g/mol. The molecule has 3 aromatic rings. The van der Waals surface area contributed by atoms with Gasteiger partial charge in [0.25, 0.3) is 0 Å². The summed E-state index contributed by atoms with van der Waals surface area (Å²) in [7, 11) is 1.57. The zero-order valence-electron chi connectivity index (χ0n) is 14.8. The van der Waals surface area contributed by atoms with E-state index in [2.05, 4.69) is 10.5 Å². The van der Waals surface area contributed by atoms with Crippen molar-refractivity contribution in [3.63, 3.8) is 0 Å². The van der Waals surface area contributed by atoms with Crippen LogP contribution in [0.2, 0.25) is 0 Å². The van der Waals surface area contributed by atoms with Crippen LogP contribution in [0.15, 0.2) is 52.4 Å². The number of nitrogens with one attached hydrogen (secondary N) is 1. The number of aromatic nitrogens is 1. The van der Waals surface area contributed by atoms with Crippen molar-refractivity contribution in [3.05, 3.63) is 59.1 Å². The van der Waals surface area contributed by atoms with Crippen LogP contribution in [0.25, 0.3) is 10.6 Å². The number of hydrogen-bond acceptors (Lipinski definition) is 7. The highest BCUT2D eigenvalue weighted by atomic mass is 32.2. The topological polar surface area (TPSA) is 84.6 Å². The van der Waals surface area contributed by atoms with Crippen LogP contribution in [0.1, 0.15) is 17.4 Å². The highest BCUT2D eigenvalue weighted by Crippen LogP contribution is 2.26. The Morgan fingerprint density at radius 3 is 3.04 bits per heavy atom. The minimum absolute atomic E-state index is 0.135. The molecule has 0 saturated carbocycles. The number of thiophene rings is 1. The van der Waals surface area contributed by atoms with Crippen LogP contribution < -0.4 is 10.1 Å². The number of hydrogen-bond donors (Lipinski definition) is 2. The maximum atomic E-state index is 12.0. The summed E-state index contributed by atoms with van der Waals surface area (Å²) in [5.41, 5.74) is 1.50. The number of methoxy groups -OCH3 is 1. The minimum Gasteiger partial charge on any atom is -0.497 e. The fourth-order valence-corrected chi connectivity index (χ4v) is 3.80. The maximum absolute atomic E-state index is 12.0. The summed E-state index contributed by atoms with van der Waals surface area (Å²) >= 11 is 3.04. The van der Waals surface area contributed by atoms with E-state index in [1.54, 1.807) is 42.7 Å². The molecule has 0 aliphatic carbocycles. The molecule has 6 nitrogen and oxygen atoms in total. The predicted octanol–water partition coefficient (Wildman–Crippen LogP) is 3.49. The van der Waals surface area contributed by atoms with E-state index in [0.717, 1.165) is 16.3 Å². The molecule has 2 heterocycles. The second kappa shape index (κ2) is 9.59. The van der Waals surface area contributed by atoms with Crippen molar-refractivity contribution in [2.24, 2.45) is 0 Å². The summed E-state index contributed by atoms with van der Waals surface area (Å²) in [6.07, 6.45) is -0.780. The van der Waals surface area contributed by atoms with Crippen molar-refractivity contribution in [2.75, 3.05) is 19.4 Å². The van der Waals surface area contributed by atoms with E-state index in [1.807, 2.05) is 23.6 Å². The van der Waals surface area contributed by atoms with Gasteiger partial charge in [-0.3, -0.25) is 4.79 Å². The normalized spacial score (nSPS) is 11.9. The Bertz CT molecular complexity index is 864. The number of nitrogens with zero attached hydrogens (tertiary/aromatic N) is 1. The van der Waals surface area contributed by atoms with Gasteiger partial charge >= 0.3 is 0 Å². The van der Waals surface area contributed by atoms with Crippen molar-refractivity contribution >= 4 is 29.0 Å². The number of aliphatic hydroxyl groups excluding tert-OH is 1. The van der Waals surface area contributed by atoms with Crippen LogP contribution in [0.4, 0.5) is 0 Å². The number of benzene rings is 1. The van der Waals surface area contributed by atoms with E-state index in [1.165, 1.54) is 11.8 Å². The number of rotatable bonds is 9. The molecule has 0 bridgehead atoms. The van der Waals surface area contributed by atoms with Crippen LogP contribution in [0.5, 0.6) is 5.75 Å². The van der Waals surface area contributed by atoms with Gasteiger partial charge in [-0.05, 0) is 29.1 Å². The molecule has 8 heteroatoms. The van der Waals surface area contributed by atoms with Crippen LogP contribution in [-0.4, -0.2) is 35.6 Å². The first-order chi connectivity index (χ1) is 13.2. The lowest BCUT2D eigenvalue weighted by Crippen LogP contribution is -2.29. The third-order valence-corrected chi connectivity index (χ3v) is 5.63. The summed E-state index contributed by atoms with van der Waals surface area (Å²) in [4.78, 5) is 13.0. The van der Waals surface area contributed by atoms with E-state index in [0.29, 0.717) is 17.1 Å². The van der Waals surface area contributed by atoms with Crippen LogP contribution in [0.3, 0.4) is 0 Å². The fraction of sp³-hybridized carbons (Fsp3) is 0.263. The van der Waals surface area contributed by atoms with E-state index in [4.69, 9.17) is 9.26 Å². The fourth-order valence-electron chi connectivity index (χ4n) is 2.39. The maximum Gasteiger partial charge on any atom is 0.230 e. The third-order valence-electron chi connectivity index (χ3n) is 3.78. The Kier molecular flexibility index (Phi) is 6.92. The zero-order chi connectivity index (χ0) is 19.1. The van der Waals surface area contributed by atoms with Crippen LogP contribution in [-0.2, 0) is 10.5 Å². The molecular formula is C19H20N2O4S2. The Morgan fingerprint density at radius 1 is 1.37 bits per heavy atom. The van der Waals surface area contributed by atoms with Crippen molar-refractivity contribution in [1.82, 2.24) is 10.5 Å². The van der Waals surface area contributed by atoms with Gasteiger partial charge in [-0.25, -0.2) is 0 Å². The van der Waals surface area contributed by atoms with Gasteiger partial charge in [0.15, 0.2) is 5.76 Å². The lowest BCUT2D eigenvalue weighted by molar-refractivity contribution is -0.119. The molecular weight excluding hydrogens is 384 g/mol. The molecule has 0 aliphatic rings. The molecule has 3 rings (SSSR count). The molecule has 0 radical (unpaired) electrons. The molecule has 2 aromatic heterocycles. The number of aliphatic hydroxyl groups is 1. The van der Waals surface area contributed by atoms with E-state index >= 15 is 0 Å². The standard InChI is InChI=1S/C19H20N2O4S2/c1-24-15-5-2-4-13(8-15)16(22)10-20-19(23)12-26-11-14-9-17(25-21-14)18-6-3-7-27-18/h2-9,16,22H,10-12H2,1H3,(H,20,23). The number of carbonyl (C=O) groups is 1. The molecule has 142 valence electrons. The van der Waals surface area contributed by atoms with Crippen molar-refractivity contribution < 1.29 is 19.2 Å². The highest BCUT2D eigenvalue weighted by Gasteiger charge is 2.12. The van der Waals surface area contributed by atoms with Crippen molar-refractivity contribution in [3.8, 4) is 16.4 Å². The van der Waals surface area contributed by atoms with Gasteiger partial charge in [0.2, 0.25) is 5.91 Å². The number of ether oxygens (including phenoxy) is 1. The molecule has 0 saturated heterocycles. The monoisotopic (exact) mass is 404 g/mol. The smallest absolute Gasteiger partial charge is 0.230 e. The predicted molar refractivity (Wildman–Crippen MR) is 107 cm³/mol. The Morgan fingerprint density at radius 2 is 2.26 bits per heavy atom. The van der Waals surface area contributed by atoms with E-state index in [9.17, 15) is 9.90 Å². The number of thioether (sulfide) groups is 1. The van der Waals surface area contributed by atoms with Gasteiger partial charge < -0.3 is 19.7 Å². The highest BCUT2D eigenvalue weighted by molar-refractivity contribution is 7.99. The lowest BCUT2D eigenvalue weighted by Gasteiger charge is -2.13. The molecule has 0 spiro atoms. The number of carbonyl (C=O) groups excluding carboxylic acids is 1. The first-order valence-electron chi connectivity index (χ1n) is 8.31. The Labute approximate surface area is 165 Å². The van der Waals surface area contributed by atoms with Crippen LogP contribution in [0, 0.1) is 0 Å². The van der Waals surface area contributed by atoms with Crippen molar-refractivity contribution in [2.45, 2.75) is 11.9 Å². The van der Waals surface area contributed by atoms with Gasteiger partial charge in [-0.2, -0.15) is 0 Å². The molecule has 1 unspecified atom stereocenters. The van der Waals surface area contributed by atoms with E-state index in [-0.39, 0.29) is 18.2 Å². The molecule has 2 N–H and O–H groups in total. The van der Waals surface area contributed by atoms with Gasteiger partial charge in [-0.15, -0.1) is 23.1 Å². The molecule has 27 heavy (non-hydrogen) atoms. The third kappa shape index (κ3) is 5.59. The van der Waals surface area contributed by atoms with E-state index < -0.39 is 6.10 Å². The van der Waals surface area contributed by atoms with Crippen LogP contribution >= 0.6 is 23.1 Å². The molecule has 1 atom stereocenters. The second-order valence-electron chi connectivity index (χ2n) is 5.75. The zero-order valence-corrected chi connectivity index (χ0v) is 16.4. The van der Waals surface area contributed by atoms with Gasteiger partial charge in [0.05, 0.1) is 29.5 Å². The summed E-state index contributed by atoms with van der Waals surface area (Å²) < 4.78 is 10.5. The molecule has 0 fully saturated rings. The van der Waals surface area contributed by atoms with Gasteiger partial charge in [0, 0.05) is 18.4 Å². The SMILES string of the molecule is COc1cccc(C(O)CNC(=O)CSCc2cc(-c3cccs3)on2)c1. The first kappa shape index (κ1) is 19.5. The quantitative estimate of drug-likeness (QED) is 0.568. The van der Waals surface area contributed by atoms with Gasteiger partial charge in [-0.1, -0.05) is 23.4 Å². The van der Waals surface area contributed by atoms with Gasteiger partial charge in [0.1, 0.15) is 5.75 Å². The summed E-state index contributed by atoms with van der Waals surface area (Å²) in [6, 6.07) is 13.0. The second-order valence-corrected chi connectivity index (χ2v) is 7.68. The molecule has 0 aliphatic heterocycles. The summed E-state index contributed by atoms with van der Waals surface area (Å²) in [5.74, 6) is 2.14. The largest absolute Gasteiger partial charge is 0.497 e. The summed E-state index contributed by atoms with van der Waals surface area (Å²) in [5, 5.41) is 18.9. The lowest BCUT2D eigenvalue weighted by atomic mass is 10.1. The Hall–Kier alpha value is -2.29. The molecule has 1 aromatic carbocycles. The first-order valence-corrected chi connectivity index (χ1v) is 10.3. The number of amides is 1. The molecule has 1 amide bonds. The Balaban J connectivity index is 1.39. The summed E-state index contributed by atoms with van der Waals surface area (Å²) in [6.45, 7) is 0.152. The van der Waals surface area contributed by atoms with Crippen molar-refractivity contribution in [1.29, 1.82) is 0 Å². The average Bonchev–Trinajstić information content (AvgIpc) is 3.38. The minimum atomic E-state index is -0.780.